The van der Waals surface area contributed by atoms with Crippen molar-refractivity contribution < 1.29 is 14.7 Å². The van der Waals surface area contributed by atoms with Gasteiger partial charge < -0.3 is 15.0 Å². The Balaban J connectivity index is 1.22. The first-order valence-corrected chi connectivity index (χ1v) is 9.87. The van der Waals surface area contributed by atoms with Gasteiger partial charge in [-0.1, -0.05) is 18.2 Å². The van der Waals surface area contributed by atoms with Crippen LogP contribution in [0.1, 0.15) is 32.1 Å². The summed E-state index contributed by atoms with van der Waals surface area (Å²) in [5.74, 6) is -0.0142. The number of carbonyl (C=O) groups excluding carboxylic acids is 1. The molecule has 0 radical (unpaired) electrons. The predicted molar refractivity (Wildman–Crippen MR) is 103 cm³/mol. The first-order chi connectivity index (χ1) is 13.1. The number of nitrogens with zero attached hydrogens (tertiary/aromatic N) is 2. The Morgan fingerprint density at radius 3 is 2.70 bits per heavy atom. The van der Waals surface area contributed by atoms with E-state index >= 15 is 0 Å². The van der Waals surface area contributed by atoms with Crippen molar-refractivity contribution in [2.24, 2.45) is 5.92 Å². The fraction of sp³-hybridized carbons (Fsp3) is 0.524. The minimum absolute atomic E-state index is 0.0724. The molecule has 6 nitrogen and oxygen atoms in total. The zero-order valence-electron chi connectivity index (χ0n) is 15.5. The van der Waals surface area contributed by atoms with Gasteiger partial charge in [-0.15, -0.1) is 0 Å². The molecular weight excluding hydrogens is 342 g/mol. The Kier molecular flexibility index (Phi) is 5.16. The predicted octanol–water partition coefficient (Wildman–Crippen LogP) is 2.48. The number of carboxylic acids is 1. The Hall–Kier alpha value is -2.34. The Morgan fingerprint density at radius 2 is 1.96 bits per heavy atom. The van der Waals surface area contributed by atoms with Gasteiger partial charge in [0.05, 0.1) is 6.54 Å². The number of carbonyl (C=O) groups is 2. The monoisotopic (exact) mass is 369 g/mol. The van der Waals surface area contributed by atoms with E-state index in [1.807, 2.05) is 18.3 Å². The average Bonchev–Trinajstić information content (AvgIpc) is 3.32. The average molecular weight is 369 g/mol. The number of hydrogen-bond acceptors (Lipinski definition) is 3. The van der Waals surface area contributed by atoms with Gasteiger partial charge in [0.15, 0.2) is 0 Å². The molecule has 27 heavy (non-hydrogen) atoms. The van der Waals surface area contributed by atoms with E-state index in [0.717, 1.165) is 24.9 Å². The van der Waals surface area contributed by atoms with Gasteiger partial charge in [0.25, 0.3) is 0 Å². The molecule has 0 atom stereocenters. The van der Waals surface area contributed by atoms with Crippen molar-refractivity contribution in [3.8, 4) is 0 Å². The van der Waals surface area contributed by atoms with Gasteiger partial charge >= 0.3 is 5.97 Å². The number of amides is 1. The van der Waals surface area contributed by atoms with Crippen LogP contribution in [0.3, 0.4) is 0 Å². The van der Waals surface area contributed by atoms with E-state index in [1.165, 1.54) is 18.2 Å². The third-order valence-electron chi connectivity index (χ3n) is 5.78. The molecule has 1 aromatic carbocycles. The van der Waals surface area contributed by atoms with E-state index in [-0.39, 0.29) is 18.5 Å². The number of hydrogen-bond donors (Lipinski definition) is 2. The maximum atomic E-state index is 12.3. The van der Waals surface area contributed by atoms with Crippen molar-refractivity contribution in [3.63, 3.8) is 0 Å². The lowest BCUT2D eigenvalue weighted by Crippen LogP contribution is -2.55. The first kappa shape index (κ1) is 18.0. The molecule has 0 bridgehead atoms. The van der Waals surface area contributed by atoms with Gasteiger partial charge in [-0.05, 0) is 49.1 Å². The maximum absolute atomic E-state index is 12.3. The number of aliphatic carboxylic acids is 1. The Labute approximate surface area is 159 Å². The molecule has 2 aromatic rings. The summed E-state index contributed by atoms with van der Waals surface area (Å²) in [6, 6.07) is 10.7. The lowest BCUT2D eigenvalue weighted by Gasteiger charge is -2.42. The number of fused-ring (bicyclic) bond motifs is 1. The summed E-state index contributed by atoms with van der Waals surface area (Å²) in [7, 11) is 0. The van der Waals surface area contributed by atoms with Crippen molar-refractivity contribution in [1.29, 1.82) is 0 Å². The van der Waals surface area contributed by atoms with Crippen molar-refractivity contribution in [2.75, 3.05) is 13.1 Å². The molecule has 2 aliphatic rings. The number of carboxylic acid groups (broad SMARTS) is 1. The van der Waals surface area contributed by atoms with E-state index in [4.69, 9.17) is 5.11 Å². The van der Waals surface area contributed by atoms with Crippen molar-refractivity contribution in [1.82, 2.24) is 14.8 Å². The molecule has 4 rings (SSSR count). The van der Waals surface area contributed by atoms with Gasteiger partial charge in [-0.25, -0.2) is 0 Å². The van der Waals surface area contributed by atoms with Gasteiger partial charge in [0.2, 0.25) is 5.91 Å². The van der Waals surface area contributed by atoms with E-state index in [0.29, 0.717) is 24.9 Å². The van der Waals surface area contributed by atoms with Crippen LogP contribution >= 0.6 is 0 Å². The van der Waals surface area contributed by atoms with E-state index < -0.39 is 5.97 Å². The van der Waals surface area contributed by atoms with Crippen LogP contribution in [0.15, 0.2) is 36.5 Å². The zero-order valence-corrected chi connectivity index (χ0v) is 15.5. The number of nitrogens with one attached hydrogen (secondary N) is 1. The minimum atomic E-state index is -0.762. The van der Waals surface area contributed by atoms with E-state index in [1.54, 1.807) is 0 Å². The summed E-state index contributed by atoms with van der Waals surface area (Å²) in [5.41, 5.74) is 1.15. The minimum Gasteiger partial charge on any atom is -0.480 e. The molecule has 144 valence electrons. The van der Waals surface area contributed by atoms with E-state index in [9.17, 15) is 9.59 Å². The molecule has 2 aliphatic carbocycles. The second-order valence-corrected chi connectivity index (χ2v) is 7.97. The molecule has 1 amide bonds. The summed E-state index contributed by atoms with van der Waals surface area (Å²) in [6.07, 6.45) is 6.64. The molecule has 6 heteroatoms. The quantitative estimate of drug-likeness (QED) is 0.712. The fourth-order valence-electron chi connectivity index (χ4n) is 4.01. The largest absolute Gasteiger partial charge is 0.480 e. The standard InChI is InChI=1S/C21H27N3O3/c25-20(8-10-23-9-7-16-3-1-2-4-19(16)23)22-17-11-18(12-17)24(14-21(26)27)13-15-5-6-15/h1-4,7,9,15,17-18H,5-6,8,10-14H2,(H,22,25)(H,26,27). The van der Waals surface area contributed by atoms with Crippen LogP contribution < -0.4 is 5.32 Å². The molecule has 2 saturated carbocycles. The Bertz CT molecular complexity index is 821. The summed E-state index contributed by atoms with van der Waals surface area (Å²) in [6.45, 7) is 1.67. The van der Waals surface area contributed by atoms with Crippen molar-refractivity contribution in [3.05, 3.63) is 36.5 Å². The van der Waals surface area contributed by atoms with Crippen LogP contribution in [0, 0.1) is 5.92 Å². The third kappa shape index (κ3) is 4.50. The molecule has 0 unspecified atom stereocenters. The molecule has 2 fully saturated rings. The number of rotatable bonds is 9. The van der Waals surface area contributed by atoms with Crippen LogP contribution in [0.2, 0.25) is 0 Å². The highest BCUT2D eigenvalue weighted by atomic mass is 16.4. The van der Waals surface area contributed by atoms with Gasteiger partial charge in [-0.3, -0.25) is 14.5 Å². The van der Waals surface area contributed by atoms with Crippen LogP contribution in [-0.4, -0.2) is 51.6 Å². The second-order valence-electron chi connectivity index (χ2n) is 7.97. The highest BCUT2D eigenvalue weighted by molar-refractivity contribution is 5.80. The lowest BCUT2D eigenvalue weighted by molar-refractivity contribution is -0.140. The van der Waals surface area contributed by atoms with Gasteiger partial charge in [-0.2, -0.15) is 0 Å². The molecule has 0 spiro atoms. The highest BCUT2D eigenvalue weighted by Crippen LogP contribution is 2.33. The van der Waals surface area contributed by atoms with E-state index in [2.05, 4.69) is 33.0 Å². The molecule has 0 aliphatic heterocycles. The summed E-state index contributed by atoms with van der Waals surface area (Å²) < 4.78 is 2.11. The summed E-state index contributed by atoms with van der Waals surface area (Å²) in [5, 5.41) is 13.4. The van der Waals surface area contributed by atoms with Crippen LogP contribution in [0.4, 0.5) is 0 Å². The lowest BCUT2D eigenvalue weighted by atomic mass is 9.85. The number of aromatic nitrogens is 1. The molecule has 1 aromatic heterocycles. The van der Waals surface area contributed by atoms with Gasteiger partial charge in [0.1, 0.15) is 0 Å². The summed E-state index contributed by atoms with van der Waals surface area (Å²) >= 11 is 0. The number of benzene rings is 1. The smallest absolute Gasteiger partial charge is 0.317 e. The van der Waals surface area contributed by atoms with Crippen LogP contribution in [0.5, 0.6) is 0 Å². The SMILES string of the molecule is O=C(O)CN(CC1CC1)C1CC(NC(=O)CCn2ccc3ccccc32)C1. The van der Waals surface area contributed by atoms with Crippen molar-refractivity contribution >= 4 is 22.8 Å². The van der Waals surface area contributed by atoms with Crippen molar-refractivity contribution in [2.45, 2.75) is 50.7 Å². The molecule has 1 heterocycles. The number of aryl methyl sites for hydroxylation is 1. The normalized spacial score (nSPS) is 22.0. The molecule has 2 N–H and O–H groups in total. The van der Waals surface area contributed by atoms with Crippen LogP contribution in [-0.2, 0) is 16.1 Å². The fourth-order valence-corrected chi connectivity index (χ4v) is 4.01. The Morgan fingerprint density at radius 1 is 1.19 bits per heavy atom. The number of para-hydroxylation sites is 1. The maximum Gasteiger partial charge on any atom is 0.317 e. The molecule has 0 saturated heterocycles. The van der Waals surface area contributed by atoms with Gasteiger partial charge in [0, 0.05) is 43.3 Å². The molecular formula is C21H27N3O3. The highest BCUT2D eigenvalue weighted by Gasteiger charge is 2.37. The topological polar surface area (TPSA) is 74.6 Å². The zero-order chi connectivity index (χ0) is 18.8. The summed E-state index contributed by atoms with van der Waals surface area (Å²) in [4.78, 5) is 25.5. The first-order valence-electron chi connectivity index (χ1n) is 9.87. The van der Waals surface area contributed by atoms with Crippen LogP contribution in [0.25, 0.3) is 10.9 Å². The third-order valence-corrected chi connectivity index (χ3v) is 5.78. The second kappa shape index (κ2) is 7.72.